The minimum atomic E-state index is -3.98. The summed E-state index contributed by atoms with van der Waals surface area (Å²) in [7, 11) is -2.53. The third-order valence-corrected chi connectivity index (χ3v) is 7.30. The molecule has 0 unspecified atom stereocenters. The molecule has 0 saturated heterocycles. The van der Waals surface area contributed by atoms with E-state index in [0.29, 0.717) is 17.0 Å². The van der Waals surface area contributed by atoms with Crippen molar-refractivity contribution in [2.24, 2.45) is 5.10 Å². The standard InChI is InChI=1S/C30H25N5O4S/c1-39-28-18-9-8-17-27(28)34-40(37,38)26-16-10-13-23(19-26)30(36)32-31-20-24-21-35(25-14-6-3-7-15-25)33-29(24)22-11-4-2-5-12-22/h2-21,34H,1H3,(H,32,36)/b31-20-. The van der Waals surface area contributed by atoms with E-state index in [1.807, 2.05) is 66.9 Å². The van der Waals surface area contributed by atoms with Crippen molar-refractivity contribution in [3.05, 3.63) is 127 Å². The molecule has 0 bridgehead atoms. The van der Waals surface area contributed by atoms with Gasteiger partial charge in [0.2, 0.25) is 0 Å². The van der Waals surface area contributed by atoms with Gasteiger partial charge in [-0.1, -0.05) is 66.7 Å². The van der Waals surface area contributed by atoms with E-state index in [9.17, 15) is 13.2 Å². The summed E-state index contributed by atoms with van der Waals surface area (Å²) in [5.74, 6) is -0.193. The zero-order chi connectivity index (χ0) is 28.0. The third kappa shape index (κ3) is 5.92. The zero-order valence-corrected chi connectivity index (χ0v) is 22.2. The zero-order valence-electron chi connectivity index (χ0n) is 21.4. The van der Waals surface area contributed by atoms with Gasteiger partial charge < -0.3 is 4.74 Å². The number of amides is 1. The van der Waals surface area contributed by atoms with Crippen LogP contribution >= 0.6 is 0 Å². The molecule has 0 aliphatic carbocycles. The second-order valence-corrected chi connectivity index (χ2v) is 10.3. The van der Waals surface area contributed by atoms with Gasteiger partial charge in [-0.2, -0.15) is 10.2 Å². The number of rotatable bonds is 9. The summed E-state index contributed by atoms with van der Waals surface area (Å²) in [6.45, 7) is 0. The van der Waals surface area contributed by atoms with Crippen LogP contribution in [0.2, 0.25) is 0 Å². The van der Waals surface area contributed by atoms with Crippen molar-refractivity contribution < 1.29 is 17.9 Å². The number of para-hydroxylation sites is 3. The number of methoxy groups -OCH3 is 1. The molecule has 0 aliphatic rings. The van der Waals surface area contributed by atoms with E-state index < -0.39 is 15.9 Å². The average Bonchev–Trinajstić information content (AvgIpc) is 3.42. The average molecular weight is 552 g/mol. The van der Waals surface area contributed by atoms with Gasteiger partial charge in [0.15, 0.2) is 0 Å². The minimum Gasteiger partial charge on any atom is -0.495 e. The van der Waals surface area contributed by atoms with Crippen molar-refractivity contribution in [1.29, 1.82) is 0 Å². The summed E-state index contributed by atoms with van der Waals surface area (Å²) in [5.41, 5.74) is 6.05. The largest absolute Gasteiger partial charge is 0.495 e. The lowest BCUT2D eigenvalue weighted by Crippen LogP contribution is -2.19. The Kier molecular flexibility index (Phi) is 7.70. The lowest BCUT2D eigenvalue weighted by molar-refractivity contribution is 0.0955. The molecule has 0 atom stereocenters. The number of ether oxygens (including phenoxy) is 1. The van der Waals surface area contributed by atoms with Crippen LogP contribution in [0.1, 0.15) is 15.9 Å². The number of aromatic nitrogens is 2. The first kappa shape index (κ1) is 26.4. The van der Waals surface area contributed by atoms with E-state index in [1.54, 1.807) is 28.9 Å². The molecule has 2 N–H and O–H groups in total. The molecule has 0 radical (unpaired) electrons. The number of hydrogen-bond acceptors (Lipinski definition) is 6. The summed E-state index contributed by atoms with van der Waals surface area (Å²) < 4.78 is 35.5. The Bertz CT molecular complexity index is 1770. The fourth-order valence-electron chi connectivity index (χ4n) is 3.98. The van der Waals surface area contributed by atoms with Gasteiger partial charge in [-0.05, 0) is 42.5 Å². The second-order valence-electron chi connectivity index (χ2n) is 8.61. The summed E-state index contributed by atoms with van der Waals surface area (Å²) in [6, 6.07) is 31.6. The molecule has 4 aromatic carbocycles. The van der Waals surface area contributed by atoms with Gasteiger partial charge in [-0.3, -0.25) is 9.52 Å². The molecule has 200 valence electrons. The Morgan fingerprint density at radius 3 is 2.35 bits per heavy atom. The predicted octanol–water partition coefficient (Wildman–Crippen LogP) is 5.11. The van der Waals surface area contributed by atoms with E-state index >= 15 is 0 Å². The molecule has 1 aromatic heterocycles. The topological polar surface area (TPSA) is 115 Å². The lowest BCUT2D eigenvalue weighted by atomic mass is 10.1. The number of carbonyl (C=O) groups is 1. The number of anilines is 1. The molecule has 40 heavy (non-hydrogen) atoms. The summed E-state index contributed by atoms with van der Waals surface area (Å²) >= 11 is 0. The van der Waals surface area contributed by atoms with Crippen LogP contribution in [0.4, 0.5) is 5.69 Å². The third-order valence-electron chi connectivity index (χ3n) is 5.94. The molecular formula is C30H25N5O4S. The Labute approximate surface area is 231 Å². The van der Waals surface area contributed by atoms with Crippen molar-refractivity contribution >= 4 is 27.8 Å². The molecule has 0 spiro atoms. The molecule has 0 aliphatic heterocycles. The van der Waals surface area contributed by atoms with Crippen LogP contribution in [0.5, 0.6) is 5.75 Å². The number of benzene rings is 4. The number of hydrogen-bond donors (Lipinski definition) is 2. The van der Waals surface area contributed by atoms with E-state index in [-0.39, 0.29) is 16.1 Å². The number of carbonyl (C=O) groups excluding carboxylic acids is 1. The normalized spacial score (nSPS) is 11.3. The first-order valence-corrected chi connectivity index (χ1v) is 13.7. The Hall–Kier alpha value is -5.22. The highest BCUT2D eigenvalue weighted by atomic mass is 32.2. The summed E-state index contributed by atoms with van der Waals surface area (Å²) in [4.78, 5) is 12.8. The maximum atomic E-state index is 13.0. The van der Waals surface area contributed by atoms with Crippen LogP contribution in [0.25, 0.3) is 16.9 Å². The van der Waals surface area contributed by atoms with Gasteiger partial charge in [0.1, 0.15) is 11.4 Å². The van der Waals surface area contributed by atoms with Gasteiger partial charge in [-0.25, -0.2) is 18.5 Å². The maximum Gasteiger partial charge on any atom is 0.271 e. The molecule has 0 fully saturated rings. The fraction of sp³-hybridized carbons (Fsp3) is 0.0333. The van der Waals surface area contributed by atoms with E-state index in [1.165, 1.54) is 37.6 Å². The quantitative estimate of drug-likeness (QED) is 0.195. The monoisotopic (exact) mass is 551 g/mol. The fourth-order valence-corrected chi connectivity index (χ4v) is 5.09. The molecule has 1 heterocycles. The van der Waals surface area contributed by atoms with Crippen LogP contribution in [0.3, 0.4) is 0 Å². The second kappa shape index (κ2) is 11.7. The van der Waals surface area contributed by atoms with Crippen LogP contribution in [0.15, 0.2) is 125 Å². The Morgan fingerprint density at radius 2 is 1.60 bits per heavy atom. The van der Waals surface area contributed by atoms with Crippen molar-refractivity contribution in [3.8, 4) is 22.7 Å². The van der Waals surface area contributed by atoms with Crippen molar-refractivity contribution in [2.75, 3.05) is 11.8 Å². The Morgan fingerprint density at radius 1 is 0.900 bits per heavy atom. The van der Waals surface area contributed by atoms with E-state index in [4.69, 9.17) is 9.84 Å². The van der Waals surface area contributed by atoms with Crippen LogP contribution in [0, 0.1) is 0 Å². The van der Waals surface area contributed by atoms with Crippen LogP contribution in [-0.2, 0) is 10.0 Å². The molecule has 10 heteroatoms. The summed E-state index contributed by atoms with van der Waals surface area (Å²) in [6.07, 6.45) is 3.33. The minimum absolute atomic E-state index is 0.0782. The highest BCUT2D eigenvalue weighted by Gasteiger charge is 2.18. The SMILES string of the molecule is COc1ccccc1NS(=O)(=O)c1cccc(C(=O)N/N=C\c2cn(-c3ccccc3)nc2-c2ccccc2)c1. The van der Waals surface area contributed by atoms with E-state index in [0.717, 1.165) is 11.3 Å². The summed E-state index contributed by atoms with van der Waals surface area (Å²) in [5, 5.41) is 8.86. The number of nitrogens with one attached hydrogen (secondary N) is 2. The molecule has 0 saturated carbocycles. The number of sulfonamides is 1. The van der Waals surface area contributed by atoms with Gasteiger partial charge in [0, 0.05) is 22.9 Å². The smallest absolute Gasteiger partial charge is 0.271 e. The first-order chi connectivity index (χ1) is 19.4. The first-order valence-electron chi connectivity index (χ1n) is 12.2. The van der Waals surface area contributed by atoms with Gasteiger partial charge in [0.05, 0.1) is 29.6 Å². The lowest BCUT2D eigenvalue weighted by Gasteiger charge is -2.12. The number of nitrogens with zero attached hydrogens (tertiary/aromatic N) is 3. The highest BCUT2D eigenvalue weighted by Crippen LogP contribution is 2.26. The number of hydrazone groups is 1. The van der Waals surface area contributed by atoms with Crippen LogP contribution in [-0.4, -0.2) is 37.4 Å². The van der Waals surface area contributed by atoms with Crippen molar-refractivity contribution in [3.63, 3.8) is 0 Å². The molecule has 5 aromatic rings. The van der Waals surface area contributed by atoms with Crippen molar-refractivity contribution in [1.82, 2.24) is 15.2 Å². The maximum absolute atomic E-state index is 13.0. The van der Waals surface area contributed by atoms with Gasteiger partial charge >= 0.3 is 0 Å². The molecular weight excluding hydrogens is 526 g/mol. The van der Waals surface area contributed by atoms with Crippen LogP contribution < -0.4 is 14.9 Å². The van der Waals surface area contributed by atoms with Gasteiger partial charge in [-0.15, -0.1) is 0 Å². The highest BCUT2D eigenvalue weighted by molar-refractivity contribution is 7.92. The molecule has 1 amide bonds. The van der Waals surface area contributed by atoms with E-state index in [2.05, 4.69) is 15.2 Å². The molecule has 9 nitrogen and oxygen atoms in total. The molecule has 5 rings (SSSR count). The predicted molar refractivity (Wildman–Crippen MR) is 154 cm³/mol. The Balaban J connectivity index is 1.36. The van der Waals surface area contributed by atoms with Gasteiger partial charge in [0.25, 0.3) is 15.9 Å². The van der Waals surface area contributed by atoms with Crippen molar-refractivity contribution in [2.45, 2.75) is 4.90 Å².